The molecule has 0 atom stereocenters. The molecule has 1 rings (SSSR count). The zero-order valence-corrected chi connectivity index (χ0v) is 8.92. The number of halogens is 4. The molecule has 0 aliphatic carbocycles. The fourth-order valence-electron chi connectivity index (χ4n) is 1.22. The zero-order chi connectivity index (χ0) is 13.9. The van der Waals surface area contributed by atoms with Crippen molar-refractivity contribution in [3.05, 3.63) is 17.3 Å². The Hall–Kier alpha value is -2.06. The number of pyridine rings is 1. The Balaban J connectivity index is 3.34. The van der Waals surface area contributed by atoms with Crippen LogP contribution >= 0.6 is 0 Å². The van der Waals surface area contributed by atoms with Crippen LogP contribution in [0, 0.1) is 0 Å². The van der Waals surface area contributed by atoms with Gasteiger partial charge in [-0.2, -0.15) is 0 Å². The third-order valence-electron chi connectivity index (χ3n) is 1.87. The highest BCUT2D eigenvalue weighted by atomic mass is 19.4. The molecule has 0 aliphatic heterocycles. The average molecular weight is 269 g/mol. The summed E-state index contributed by atoms with van der Waals surface area (Å²) in [6, 6.07) is 0. The molecule has 0 radical (unpaired) electrons. The molecule has 0 fully saturated rings. The maximum atomic E-state index is 12.7. The average Bonchev–Trinajstić information content (AvgIpc) is 2.25. The van der Waals surface area contributed by atoms with Gasteiger partial charge in [-0.05, 0) is 0 Å². The van der Waals surface area contributed by atoms with Crippen molar-refractivity contribution in [2.45, 2.75) is 13.0 Å². The van der Waals surface area contributed by atoms with E-state index in [4.69, 9.17) is 5.11 Å². The van der Waals surface area contributed by atoms with E-state index in [9.17, 15) is 22.4 Å². The Morgan fingerprint density at radius 2 is 2.11 bits per heavy atom. The number of hydrogen-bond acceptors (Lipinski definition) is 4. The first kappa shape index (κ1) is 14.0. The molecule has 0 unspecified atom stereocenters. The molecule has 0 aliphatic rings. The van der Waals surface area contributed by atoms with Crippen LogP contribution in [0.1, 0.15) is 15.9 Å². The highest BCUT2D eigenvalue weighted by Crippen LogP contribution is 2.33. The van der Waals surface area contributed by atoms with Crippen molar-refractivity contribution in [1.29, 1.82) is 0 Å². The monoisotopic (exact) mass is 269 g/mol. The first-order chi connectivity index (χ1) is 8.30. The highest BCUT2D eigenvalue weighted by molar-refractivity contribution is 5.91. The van der Waals surface area contributed by atoms with E-state index < -0.39 is 41.8 Å². The normalized spacial score (nSPS) is 11.2. The second kappa shape index (κ2) is 5.07. The number of alkyl halides is 4. The van der Waals surface area contributed by atoms with Gasteiger partial charge in [0.15, 0.2) is 0 Å². The smallest absolute Gasteiger partial charge is 0.495 e. The second-order valence-electron chi connectivity index (χ2n) is 2.98. The van der Waals surface area contributed by atoms with E-state index in [1.54, 1.807) is 0 Å². The molecule has 1 heterocycles. The van der Waals surface area contributed by atoms with Gasteiger partial charge in [-0.15, -0.1) is 13.2 Å². The Bertz CT molecular complexity index is 461. The molecule has 0 amide bonds. The summed E-state index contributed by atoms with van der Waals surface area (Å²) in [6.45, 7) is -1.41. The predicted octanol–water partition coefficient (Wildman–Crippen LogP) is 2.16. The van der Waals surface area contributed by atoms with Gasteiger partial charge in [0, 0.05) is 6.20 Å². The van der Waals surface area contributed by atoms with Crippen LogP contribution in [0.4, 0.5) is 17.6 Å². The van der Waals surface area contributed by atoms with E-state index in [1.165, 1.54) is 0 Å². The van der Waals surface area contributed by atoms with Crippen molar-refractivity contribution in [2.75, 3.05) is 7.11 Å². The third kappa shape index (κ3) is 2.99. The zero-order valence-electron chi connectivity index (χ0n) is 8.92. The van der Waals surface area contributed by atoms with Crippen molar-refractivity contribution in [3.63, 3.8) is 0 Å². The topological polar surface area (TPSA) is 68.7 Å². The van der Waals surface area contributed by atoms with Crippen LogP contribution in [0.2, 0.25) is 0 Å². The van der Waals surface area contributed by atoms with E-state index in [0.717, 1.165) is 7.11 Å². The SMILES string of the molecule is COc1c(C(=O)O)cnc(OC(F)(F)F)c1CF. The van der Waals surface area contributed by atoms with Gasteiger partial charge in [0.2, 0.25) is 5.88 Å². The molecule has 0 spiro atoms. The molecule has 1 N–H and O–H groups in total. The van der Waals surface area contributed by atoms with Gasteiger partial charge in [-0.25, -0.2) is 14.2 Å². The minimum absolute atomic E-state index is 0.556. The first-order valence-corrected chi connectivity index (χ1v) is 4.41. The van der Waals surface area contributed by atoms with Crippen LogP contribution in [0.3, 0.4) is 0 Å². The summed E-state index contributed by atoms with van der Waals surface area (Å²) in [6.07, 6.45) is -4.46. The van der Waals surface area contributed by atoms with Gasteiger partial charge in [0.1, 0.15) is 18.0 Å². The Morgan fingerprint density at radius 1 is 1.50 bits per heavy atom. The van der Waals surface area contributed by atoms with Crippen LogP contribution in [-0.4, -0.2) is 29.5 Å². The molecule has 0 bridgehead atoms. The molecule has 5 nitrogen and oxygen atoms in total. The third-order valence-corrected chi connectivity index (χ3v) is 1.87. The predicted molar refractivity (Wildman–Crippen MR) is 49.2 cm³/mol. The standard InChI is InChI=1S/C9H7F4NO4/c1-17-6-4(2-10)7(18-9(11,12)13)14-3-5(6)8(15)16/h3H,2H2,1H3,(H,15,16). The summed E-state index contributed by atoms with van der Waals surface area (Å²) >= 11 is 0. The number of rotatable bonds is 4. The van der Waals surface area contributed by atoms with Gasteiger partial charge in [0.25, 0.3) is 0 Å². The maximum absolute atomic E-state index is 12.7. The van der Waals surface area contributed by atoms with E-state index >= 15 is 0 Å². The Labute approximate surface area is 98.0 Å². The molecular formula is C9H7F4NO4. The minimum Gasteiger partial charge on any atom is -0.495 e. The van der Waals surface area contributed by atoms with Crippen molar-refractivity contribution < 1.29 is 36.9 Å². The van der Waals surface area contributed by atoms with Crippen LogP contribution in [0.5, 0.6) is 11.6 Å². The molecule has 18 heavy (non-hydrogen) atoms. The molecule has 9 heteroatoms. The lowest BCUT2D eigenvalue weighted by Gasteiger charge is -2.14. The Kier molecular flexibility index (Phi) is 3.94. The van der Waals surface area contributed by atoms with Crippen molar-refractivity contribution >= 4 is 5.97 Å². The van der Waals surface area contributed by atoms with Gasteiger partial charge in [-0.1, -0.05) is 0 Å². The number of methoxy groups -OCH3 is 1. The number of nitrogens with zero attached hydrogens (tertiary/aromatic N) is 1. The summed E-state index contributed by atoms with van der Waals surface area (Å²) in [4.78, 5) is 13.9. The fourth-order valence-corrected chi connectivity index (χ4v) is 1.22. The summed E-state index contributed by atoms with van der Waals surface area (Å²) in [5.74, 6) is -3.14. The number of carboxylic acid groups (broad SMARTS) is 1. The molecule has 1 aromatic heterocycles. The molecule has 100 valence electrons. The molecule has 0 aromatic carbocycles. The molecule has 0 saturated carbocycles. The maximum Gasteiger partial charge on any atom is 0.574 e. The quantitative estimate of drug-likeness (QED) is 0.848. The lowest BCUT2D eigenvalue weighted by Crippen LogP contribution is -2.19. The second-order valence-corrected chi connectivity index (χ2v) is 2.98. The van der Waals surface area contributed by atoms with Crippen molar-refractivity contribution in [3.8, 4) is 11.6 Å². The van der Waals surface area contributed by atoms with E-state index in [0.29, 0.717) is 6.20 Å². The largest absolute Gasteiger partial charge is 0.574 e. The highest BCUT2D eigenvalue weighted by Gasteiger charge is 2.34. The summed E-state index contributed by atoms with van der Waals surface area (Å²) in [5, 5.41) is 8.73. The number of hydrogen-bond donors (Lipinski definition) is 1. The van der Waals surface area contributed by atoms with Gasteiger partial charge < -0.3 is 14.6 Å². The van der Waals surface area contributed by atoms with E-state index in [1.807, 2.05) is 0 Å². The summed E-state index contributed by atoms with van der Waals surface area (Å²) in [5.41, 5.74) is -1.27. The van der Waals surface area contributed by atoms with Gasteiger partial charge in [-0.3, -0.25) is 0 Å². The fraction of sp³-hybridized carbons (Fsp3) is 0.333. The van der Waals surface area contributed by atoms with Crippen LogP contribution in [-0.2, 0) is 6.67 Å². The number of ether oxygens (including phenoxy) is 2. The lowest BCUT2D eigenvalue weighted by molar-refractivity contribution is -0.276. The number of aromatic carboxylic acids is 1. The Morgan fingerprint density at radius 3 is 2.50 bits per heavy atom. The minimum atomic E-state index is -5.06. The van der Waals surface area contributed by atoms with Crippen molar-refractivity contribution in [1.82, 2.24) is 4.98 Å². The van der Waals surface area contributed by atoms with Gasteiger partial charge >= 0.3 is 12.3 Å². The van der Waals surface area contributed by atoms with E-state index in [2.05, 4.69) is 14.5 Å². The molecular weight excluding hydrogens is 262 g/mol. The number of aromatic nitrogens is 1. The first-order valence-electron chi connectivity index (χ1n) is 4.41. The van der Waals surface area contributed by atoms with E-state index in [-0.39, 0.29) is 0 Å². The number of carboxylic acids is 1. The molecule has 1 aromatic rings. The lowest BCUT2D eigenvalue weighted by atomic mass is 10.1. The van der Waals surface area contributed by atoms with Crippen LogP contribution < -0.4 is 9.47 Å². The molecule has 0 saturated heterocycles. The van der Waals surface area contributed by atoms with Gasteiger partial charge in [0.05, 0.1) is 12.7 Å². The van der Waals surface area contributed by atoms with Crippen LogP contribution in [0.25, 0.3) is 0 Å². The van der Waals surface area contributed by atoms with Crippen LogP contribution in [0.15, 0.2) is 6.20 Å². The van der Waals surface area contributed by atoms with Crippen molar-refractivity contribution in [2.24, 2.45) is 0 Å². The summed E-state index contributed by atoms with van der Waals surface area (Å²) < 4.78 is 56.8. The number of carbonyl (C=O) groups is 1. The summed E-state index contributed by atoms with van der Waals surface area (Å²) in [7, 11) is 0.998.